The molecule has 23 heavy (non-hydrogen) atoms. The molecule has 0 saturated carbocycles. The van der Waals surface area contributed by atoms with E-state index in [1.165, 1.54) is 0 Å². The zero-order valence-corrected chi connectivity index (χ0v) is 16.0. The van der Waals surface area contributed by atoms with E-state index in [2.05, 4.69) is 30.4 Å². The second kappa shape index (κ2) is 6.17. The Morgan fingerprint density at radius 2 is 2.09 bits per heavy atom. The van der Waals surface area contributed by atoms with Gasteiger partial charge in [-0.25, -0.2) is 8.42 Å². The van der Waals surface area contributed by atoms with E-state index in [9.17, 15) is 13.7 Å². The fraction of sp³-hybridized carbons (Fsp3) is 0.562. The molecule has 0 fully saturated rings. The summed E-state index contributed by atoms with van der Waals surface area (Å²) in [6.07, 6.45) is 1.08. The van der Waals surface area contributed by atoms with E-state index in [4.69, 9.17) is 4.74 Å². The molecule has 0 radical (unpaired) electrons. The van der Waals surface area contributed by atoms with Gasteiger partial charge in [0.05, 0.1) is 5.75 Å². The lowest BCUT2D eigenvalue weighted by Gasteiger charge is -2.17. The van der Waals surface area contributed by atoms with Gasteiger partial charge in [0.15, 0.2) is 5.60 Å². The molecule has 1 N–H and O–H groups in total. The van der Waals surface area contributed by atoms with Gasteiger partial charge in [0.2, 0.25) is 10.0 Å². The van der Waals surface area contributed by atoms with Crippen LogP contribution in [0.4, 0.5) is 5.69 Å². The van der Waals surface area contributed by atoms with Gasteiger partial charge >= 0.3 is 0 Å². The van der Waals surface area contributed by atoms with E-state index >= 15 is 0 Å². The summed E-state index contributed by atoms with van der Waals surface area (Å²) in [5.74, 6) is 0.811. The Morgan fingerprint density at radius 3 is 2.65 bits per heavy atom. The third-order valence-corrected chi connectivity index (χ3v) is 7.41. The summed E-state index contributed by atoms with van der Waals surface area (Å²) in [6, 6.07) is 8.15. The van der Waals surface area contributed by atoms with E-state index in [1.807, 2.05) is 6.92 Å². The quantitative estimate of drug-likeness (QED) is 0.796. The lowest BCUT2D eigenvalue weighted by molar-refractivity contribution is 0.152. The van der Waals surface area contributed by atoms with Crippen molar-refractivity contribution in [3.8, 4) is 11.8 Å². The van der Waals surface area contributed by atoms with Gasteiger partial charge in [-0.2, -0.15) is 5.26 Å². The van der Waals surface area contributed by atoms with Gasteiger partial charge in [-0.15, -0.1) is 0 Å². The van der Waals surface area contributed by atoms with Gasteiger partial charge in [0.1, 0.15) is 11.8 Å². The molecule has 0 bridgehead atoms. The van der Waals surface area contributed by atoms with Crippen LogP contribution < -0.4 is 9.46 Å². The molecule has 1 heterocycles. The normalized spacial score (nSPS) is 20.5. The zero-order chi connectivity index (χ0) is 17.3. The van der Waals surface area contributed by atoms with Gasteiger partial charge in [-0.1, -0.05) is 26.6 Å². The number of nitrogens with one attached hydrogen (secondary N) is 1. The van der Waals surface area contributed by atoms with Crippen LogP contribution in [-0.2, 0) is 16.4 Å². The number of rotatable bonds is 6. The second-order valence-corrected chi connectivity index (χ2v) is 14.8. The fourth-order valence-corrected chi connectivity index (χ4v) is 6.56. The molecule has 1 aromatic rings. The Kier molecular flexibility index (Phi) is 4.78. The first kappa shape index (κ1) is 17.8. The Bertz CT molecular complexity index is 735. The predicted octanol–water partition coefficient (Wildman–Crippen LogP) is 3.37. The molecule has 2 rings (SSSR count). The van der Waals surface area contributed by atoms with Crippen molar-refractivity contribution in [2.75, 3.05) is 10.5 Å². The molecular weight excluding hydrogens is 328 g/mol. The summed E-state index contributed by atoms with van der Waals surface area (Å²) in [6.45, 7) is 8.37. The van der Waals surface area contributed by atoms with Crippen molar-refractivity contribution in [3.05, 3.63) is 23.8 Å². The van der Waals surface area contributed by atoms with Crippen LogP contribution >= 0.6 is 0 Å². The van der Waals surface area contributed by atoms with Crippen LogP contribution in [0.25, 0.3) is 0 Å². The summed E-state index contributed by atoms with van der Waals surface area (Å²) >= 11 is 0. The SMILES string of the molecule is CCC1(C#N)Cc2cc(NS(=O)(=O)CC[Si](C)(C)C)ccc2O1. The molecular formula is C16H24N2O3SSi. The van der Waals surface area contributed by atoms with Gasteiger partial charge in [0.25, 0.3) is 0 Å². The van der Waals surface area contributed by atoms with E-state index in [-0.39, 0.29) is 5.75 Å². The van der Waals surface area contributed by atoms with Crippen molar-refractivity contribution in [2.24, 2.45) is 0 Å². The van der Waals surface area contributed by atoms with E-state index in [0.29, 0.717) is 24.3 Å². The molecule has 0 amide bonds. The topological polar surface area (TPSA) is 79.2 Å². The number of hydrogen-bond acceptors (Lipinski definition) is 4. The van der Waals surface area contributed by atoms with Crippen molar-refractivity contribution in [3.63, 3.8) is 0 Å². The van der Waals surface area contributed by atoms with E-state index in [0.717, 1.165) is 11.6 Å². The number of benzene rings is 1. The Balaban J connectivity index is 2.12. The zero-order valence-electron chi connectivity index (χ0n) is 14.1. The Hall–Kier alpha value is -1.52. The second-order valence-electron chi connectivity index (χ2n) is 7.29. The van der Waals surface area contributed by atoms with Crippen LogP contribution in [0.3, 0.4) is 0 Å². The minimum absolute atomic E-state index is 0.146. The molecule has 5 nitrogen and oxygen atoms in total. The largest absolute Gasteiger partial charge is 0.472 e. The molecule has 0 aromatic heterocycles. The first-order valence-corrected chi connectivity index (χ1v) is 13.2. The maximum Gasteiger partial charge on any atom is 0.232 e. The lowest BCUT2D eigenvalue weighted by atomic mass is 9.96. The molecule has 0 spiro atoms. The average Bonchev–Trinajstić information content (AvgIpc) is 2.83. The third kappa shape index (κ3) is 4.49. The highest BCUT2D eigenvalue weighted by Crippen LogP contribution is 2.38. The van der Waals surface area contributed by atoms with Crippen LogP contribution in [-0.4, -0.2) is 27.8 Å². The summed E-state index contributed by atoms with van der Waals surface area (Å²) < 4.78 is 32.8. The Morgan fingerprint density at radius 1 is 1.39 bits per heavy atom. The molecule has 1 aromatic carbocycles. The molecule has 1 atom stereocenters. The fourth-order valence-electron chi connectivity index (χ4n) is 2.44. The molecule has 1 aliphatic heterocycles. The highest BCUT2D eigenvalue weighted by atomic mass is 32.2. The summed E-state index contributed by atoms with van der Waals surface area (Å²) in [5.41, 5.74) is 0.587. The van der Waals surface area contributed by atoms with Crippen molar-refractivity contribution in [2.45, 2.75) is 51.1 Å². The number of ether oxygens (including phenoxy) is 1. The molecule has 7 heteroatoms. The third-order valence-electron chi connectivity index (χ3n) is 4.01. The average molecular weight is 353 g/mol. The van der Waals surface area contributed by atoms with Crippen molar-refractivity contribution >= 4 is 23.8 Å². The monoisotopic (exact) mass is 352 g/mol. The van der Waals surface area contributed by atoms with Gasteiger partial charge in [-0.05, 0) is 30.7 Å². The standard InChI is InChI=1S/C16H24N2O3SSi/c1-5-16(12-17)11-13-10-14(6-7-15(13)21-16)18-22(19,20)8-9-23(2,3)4/h6-7,10,18H,5,8-9,11H2,1-4H3. The molecule has 1 aliphatic rings. The van der Waals surface area contributed by atoms with Gasteiger partial charge in [-0.3, -0.25) is 4.72 Å². The van der Waals surface area contributed by atoms with Gasteiger partial charge < -0.3 is 4.74 Å². The number of fused-ring (bicyclic) bond motifs is 1. The van der Waals surface area contributed by atoms with Crippen LogP contribution in [0.5, 0.6) is 5.75 Å². The maximum absolute atomic E-state index is 12.2. The summed E-state index contributed by atoms with van der Waals surface area (Å²) in [7, 11) is -4.75. The first-order valence-electron chi connectivity index (χ1n) is 7.82. The highest BCUT2D eigenvalue weighted by Gasteiger charge is 2.38. The van der Waals surface area contributed by atoms with Crippen LogP contribution in [0.15, 0.2) is 18.2 Å². The minimum Gasteiger partial charge on any atom is -0.472 e. The molecule has 0 saturated heterocycles. The number of anilines is 1. The van der Waals surface area contributed by atoms with Crippen LogP contribution in [0.1, 0.15) is 18.9 Å². The molecule has 0 aliphatic carbocycles. The predicted molar refractivity (Wildman–Crippen MR) is 95.0 cm³/mol. The van der Waals surface area contributed by atoms with Gasteiger partial charge in [0, 0.05) is 25.7 Å². The van der Waals surface area contributed by atoms with E-state index in [1.54, 1.807) is 18.2 Å². The molecule has 1 unspecified atom stereocenters. The van der Waals surface area contributed by atoms with Crippen LogP contribution in [0, 0.1) is 11.3 Å². The lowest BCUT2D eigenvalue weighted by Crippen LogP contribution is -2.31. The first-order chi connectivity index (χ1) is 10.6. The van der Waals surface area contributed by atoms with E-state index < -0.39 is 23.7 Å². The van der Waals surface area contributed by atoms with Crippen molar-refractivity contribution in [1.29, 1.82) is 5.26 Å². The minimum atomic E-state index is -3.35. The Labute approximate surface area is 139 Å². The van der Waals surface area contributed by atoms with Crippen LogP contribution in [0.2, 0.25) is 25.7 Å². The number of hydrogen-bond donors (Lipinski definition) is 1. The summed E-state index contributed by atoms with van der Waals surface area (Å²) in [4.78, 5) is 0. The molecule has 126 valence electrons. The maximum atomic E-state index is 12.2. The summed E-state index contributed by atoms with van der Waals surface area (Å²) in [5, 5.41) is 9.31. The number of nitriles is 1. The highest BCUT2D eigenvalue weighted by molar-refractivity contribution is 7.92. The number of nitrogens with zero attached hydrogens (tertiary/aromatic N) is 1. The smallest absolute Gasteiger partial charge is 0.232 e. The van der Waals surface area contributed by atoms with Crippen molar-refractivity contribution < 1.29 is 13.2 Å². The number of sulfonamides is 1. The van der Waals surface area contributed by atoms with Crippen molar-refractivity contribution in [1.82, 2.24) is 0 Å².